The molecular formula is C20H17N3O8. The van der Waals surface area contributed by atoms with Gasteiger partial charge >= 0.3 is 5.97 Å². The lowest BCUT2D eigenvalue weighted by molar-refractivity contribution is -0.384. The van der Waals surface area contributed by atoms with E-state index in [1.54, 1.807) is 12.1 Å². The molecule has 3 amide bonds. The lowest BCUT2D eigenvalue weighted by Gasteiger charge is -2.20. The van der Waals surface area contributed by atoms with Gasteiger partial charge in [0.05, 0.1) is 29.2 Å². The first-order valence-corrected chi connectivity index (χ1v) is 9.00. The molecule has 0 aliphatic carbocycles. The van der Waals surface area contributed by atoms with Crippen LogP contribution in [0.3, 0.4) is 0 Å². The Morgan fingerprint density at radius 3 is 2.29 bits per heavy atom. The van der Waals surface area contributed by atoms with Crippen LogP contribution in [-0.2, 0) is 14.3 Å². The molecule has 1 aliphatic rings. The van der Waals surface area contributed by atoms with E-state index in [-0.39, 0.29) is 22.6 Å². The molecular weight excluding hydrogens is 410 g/mol. The van der Waals surface area contributed by atoms with Crippen LogP contribution in [0, 0.1) is 10.1 Å². The number of methoxy groups -OCH3 is 1. The quantitative estimate of drug-likeness (QED) is 0.305. The average molecular weight is 427 g/mol. The molecule has 160 valence electrons. The normalized spacial score (nSPS) is 13.4. The van der Waals surface area contributed by atoms with Gasteiger partial charge in [0.1, 0.15) is 17.5 Å². The van der Waals surface area contributed by atoms with E-state index in [0.29, 0.717) is 0 Å². The van der Waals surface area contributed by atoms with Crippen LogP contribution in [0.25, 0.3) is 0 Å². The Morgan fingerprint density at radius 2 is 1.74 bits per heavy atom. The number of nitro benzene ring substituents is 1. The highest BCUT2D eigenvalue weighted by Crippen LogP contribution is 2.29. The second-order valence-electron chi connectivity index (χ2n) is 6.50. The van der Waals surface area contributed by atoms with E-state index in [9.17, 15) is 29.3 Å². The molecule has 0 aromatic heterocycles. The fourth-order valence-corrected chi connectivity index (χ4v) is 3.00. The van der Waals surface area contributed by atoms with Crippen LogP contribution in [0.1, 0.15) is 27.6 Å². The number of hydrogen-bond acceptors (Lipinski definition) is 8. The van der Waals surface area contributed by atoms with E-state index < -0.39 is 47.0 Å². The number of esters is 1. The first-order valence-electron chi connectivity index (χ1n) is 9.00. The van der Waals surface area contributed by atoms with Crippen molar-refractivity contribution in [1.82, 2.24) is 4.90 Å². The molecule has 0 saturated carbocycles. The van der Waals surface area contributed by atoms with E-state index in [0.717, 1.165) is 11.0 Å². The smallest absolute Gasteiger partial charge is 0.329 e. The maximum absolute atomic E-state index is 12.4. The number of carbonyl (C=O) groups excluding carboxylic acids is 4. The lowest BCUT2D eigenvalue weighted by Crippen LogP contribution is -2.44. The standard InChI is InChI=1S/C20H17N3O8/c1-11(22-18(25)13-5-3-4-6-14(13)19(22)26)20(27)31-10-17(24)21-15-8-7-12(30-2)9-16(15)23(28)29/h3-9,11H,10H2,1-2H3,(H,21,24). The van der Waals surface area contributed by atoms with Gasteiger partial charge in [-0.1, -0.05) is 12.1 Å². The van der Waals surface area contributed by atoms with Crippen LogP contribution in [0.2, 0.25) is 0 Å². The van der Waals surface area contributed by atoms with Gasteiger partial charge in [0, 0.05) is 0 Å². The van der Waals surface area contributed by atoms with Crippen molar-refractivity contribution in [2.24, 2.45) is 0 Å². The highest BCUT2D eigenvalue weighted by atomic mass is 16.6. The van der Waals surface area contributed by atoms with Gasteiger partial charge in [0.15, 0.2) is 6.61 Å². The molecule has 0 radical (unpaired) electrons. The summed E-state index contributed by atoms with van der Waals surface area (Å²) in [5.41, 5.74) is -0.160. The fourth-order valence-electron chi connectivity index (χ4n) is 3.00. The number of nitro groups is 1. The SMILES string of the molecule is COc1ccc(NC(=O)COC(=O)C(C)N2C(=O)c3ccccc3C2=O)c([N+](=O)[O-])c1. The maximum atomic E-state index is 12.4. The summed E-state index contributed by atoms with van der Waals surface area (Å²) >= 11 is 0. The molecule has 0 bridgehead atoms. The van der Waals surface area contributed by atoms with Gasteiger partial charge in [-0.25, -0.2) is 4.79 Å². The van der Waals surface area contributed by atoms with Crippen molar-refractivity contribution in [3.63, 3.8) is 0 Å². The lowest BCUT2D eigenvalue weighted by atomic mass is 10.1. The van der Waals surface area contributed by atoms with Gasteiger partial charge in [-0.3, -0.25) is 29.4 Å². The number of anilines is 1. The monoisotopic (exact) mass is 427 g/mol. The zero-order chi connectivity index (χ0) is 22.7. The number of benzene rings is 2. The Kier molecular flexibility index (Phi) is 5.95. The first kappa shape index (κ1) is 21.4. The number of nitrogens with one attached hydrogen (secondary N) is 1. The Labute approximate surface area is 175 Å². The molecule has 0 fully saturated rings. The number of rotatable bonds is 7. The van der Waals surface area contributed by atoms with E-state index in [4.69, 9.17) is 9.47 Å². The molecule has 11 nitrogen and oxygen atoms in total. The van der Waals surface area contributed by atoms with Crippen LogP contribution in [-0.4, -0.2) is 53.3 Å². The number of fused-ring (bicyclic) bond motifs is 1. The minimum Gasteiger partial charge on any atom is -0.496 e. The zero-order valence-corrected chi connectivity index (χ0v) is 16.5. The Bertz CT molecular complexity index is 1060. The highest BCUT2D eigenvalue weighted by molar-refractivity contribution is 6.22. The van der Waals surface area contributed by atoms with E-state index in [1.165, 1.54) is 38.3 Å². The molecule has 2 aromatic carbocycles. The fraction of sp³-hybridized carbons (Fsp3) is 0.200. The van der Waals surface area contributed by atoms with E-state index >= 15 is 0 Å². The molecule has 1 heterocycles. The van der Waals surface area contributed by atoms with Crippen molar-refractivity contribution >= 4 is 35.1 Å². The number of hydrogen-bond donors (Lipinski definition) is 1. The summed E-state index contributed by atoms with van der Waals surface area (Å²) in [6.45, 7) is 0.533. The topological polar surface area (TPSA) is 145 Å². The van der Waals surface area contributed by atoms with Crippen LogP contribution < -0.4 is 10.1 Å². The summed E-state index contributed by atoms with van der Waals surface area (Å²) in [5, 5.41) is 13.5. The minimum atomic E-state index is -1.27. The van der Waals surface area contributed by atoms with Crippen molar-refractivity contribution in [2.45, 2.75) is 13.0 Å². The molecule has 1 N–H and O–H groups in total. The number of imide groups is 1. The van der Waals surface area contributed by atoms with Crippen molar-refractivity contribution in [2.75, 3.05) is 19.0 Å². The van der Waals surface area contributed by atoms with Crippen molar-refractivity contribution in [1.29, 1.82) is 0 Å². The third-order valence-corrected chi connectivity index (χ3v) is 4.58. The summed E-state index contributed by atoms with van der Waals surface area (Å²) in [6, 6.07) is 8.70. The van der Waals surface area contributed by atoms with Crippen LogP contribution in [0.15, 0.2) is 42.5 Å². The number of ether oxygens (including phenoxy) is 2. The Balaban J connectivity index is 1.62. The summed E-state index contributed by atoms with van der Waals surface area (Å²) in [7, 11) is 1.34. The molecule has 11 heteroatoms. The van der Waals surface area contributed by atoms with Crippen LogP contribution in [0.4, 0.5) is 11.4 Å². The zero-order valence-electron chi connectivity index (χ0n) is 16.5. The van der Waals surface area contributed by atoms with Gasteiger partial charge in [0.2, 0.25) is 0 Å². The minimum absolute atomic E-state index is 0.111. The highest BCUT2D eigenvalue weighted by Gasteiger charge is 2.41. The summed E-state index contributed by atoms with van der Waals surface area (Å²) in [6.07, 6.45) is 0. The van der Waals surface area contributed by atoms with Gasteiger partial charge in [-0.05, 0) is 31.2 Å². The number of carbonyl (C=O) groups is 4. The third-order valence-electron chi connectivity index (χ3n) is 4.58. The predicted molar refractivity (Wildman–Crippen MR) is 106 cm³/mol. The van der Waals surface area contributed by atoms with Gasteiger partial charge < -0.3 is 14.8 Å². The van der Waals surface area contributed by atoms with E-state index in [2.05, 4.69) is 5.32 Å². The van der Waals surface area contributed by atoms with Crippen LogP contribution >= 0.6 is 0 Å². The second-order valence-corrected chi connectivity index (χ2v) is 6.50. The first-order chi connectivity index (χ1) is 14.7. The number of amides is 3. The largest absolute Gasteiger partial charge is 0.496 e. The molecule has 2 aromatic rings. The molecule has 0 spiro atoms. The van der Waals surface area contributed by atoms with Gasteiger partial charge in [-0.2, -0.15) is 0 Å². The average Bonchev–Trinajstić information content (AvgIpc) is 3.02. The van der Waals surface area contributed by atoms with Crippen molar-refractivity contribution < 1.29 is 33.6 Å². The maximum Gasteiger partial charge on any atom is 0.329 e. The van der Waals surface area contributed by atoms with Gasteiger partial charge in [0.25, 0.3) is 23.4 Å². The molecule has 0 saturated heterocycles. The number of nitrogens with zero attached hydrogens (tertiary/aromatic N) is 2. The predicted octanol–water partition coefficient (Wildman–Crippen LogP) is 1.77. The van der Waals surface area contributed by atoms with E-state index in [1.807, 2.05) is 0 Å². The van der Waals surface area contributed by atoms with Crippen molar-refractivity contribution in [3.05, 3.63) is 63.7 Å². The second kappa shape index (κ2) is 8.61. The molecule has 31 heavy (non-hydrogen) atoms. The van der Waals surface area contributed by atoms with Crippen molar-refractivity contribution in [3.8, 4) is 5.75 Å². The molecule has 1 unspecified atom stereocenters. The Morgan fingerprint density at radius 1 is 1.13 bits per heavy atom. The summed E-state index contributed by atoms with van der Waals surface area (Å²) in [5.74, 6) is -2.86. The third kappa shape index (κ3) is 4.20. The Hall–Kier alpha value is -4.28. The molecule has 1 atom stereocenters. The molecule has 3 rings (SSSR count). The summed E-state index contributed by atoms with van der Waals surface area (Å²) in [4.78, 5) is 60.5. The summed E-state index contributed by atoms with van der Waals surface area (Å²) < 4.78 is 9.81. The van der Waals surface area contributed by atoms with Gasteiger partial charge in [-0.15, -0.1) is 0 Å². The molecule has 1 aliphatic heterocycles. The van der Waals surface area contributed by atoms with Crippen LogP contribution in [0.5, 0.6) is 5.75 Å².